The van der Waals surface area contributed by atoms with Gasteiger partial charge in [-0.2, -0.15) is 0 Å². The first kappa shape index (κ1) is 10.7. The highest BCUT2D eigenvalue weighted by atomic mass is 16.5. The summed E-state index contributed by atoms with van der Waals surface area (Å²) in [4.78, 5) is 10.8. The van der Waals surface area contributed by atoms with Crippen LogP contribution < -0.4 is 0 Å². The molecule has 0 bridgehead atoms. The molecule has 13 heavy (non-hydrogen) atoms. The zero-order chi connectivity index (χ0) is 9.95. The first-order chi connectivity index (χ1) is 5.97. The quantitative estimate of drug-likeness (QED) is 0.630. The predicted octanol–water partition coefficient (Wildman–Crippen LogP) is 2.42. The highest BCUT2D eigenvalue weighted by Gasteiger charge is 2.33. The fraction of sp³-hybridized carbons (Fsp3) is 0.909. The van der Waals surface area contributed by atoms with Gasteiger partial charge in [0.05, 0.1) is 0 Å². The molecule has 2 nitrogen and oxygen atoms in total. The molecule has 0 aromatic carbocycles. The van der Waals surface area contributed by atoms with Crippen LogP contribution in [0.4, 0.5) is 0 Å². The maximum atomic E-state index is 10.8. The minimum absolute atomic E-state index is 0.175. The van der Waals surface area contributed by atoms with Gasteiger partial charge in [0.2, 0.25) is 0 Å². The van der Waals surface area contributed by atoms with Crippen molar-refractivity contribution in [3.63, 3.8) is 0 Å². The van der Waals surface area contributed by atoms with Gasteiger partial charge in [-0.1, -0.05) is 20.8 Å². The second-order valence-electron chi connectivity index (χ2n) is 5.21. The Hall–Kier alpha value is -0.370. The van der Waals surface area contributed by atoms with Crippen molar-refractivity contribution in [1.82, 2.24) is 0 Å². The number of carbonyl (C=O) groups excluding carboxylic acids is 1. The van der Waals surface area contributed by atoms with E-state index in [4.69, 9.17) is 4.74 Å². The third kappa shape index (κ3) is 3.11. The normalized spacial score (nSPS) is 22.7. The van der Waals surface area contributed by atoms with E-state index < -0.39 is 0 Å². The molecular weight excluding hydrogens is 164 g/mol. The third-order valence-corrected chi connectivity index (χ3v) is 2.90. The largest absolute Gasteiger partial charge is 0.381 e. The van der Waals surface area contributed by atoms with Gasteiger partial charge in [-0.15, -0.1) is 0 Å². The van der Waals surface area contributed by atoms with Crippen LogP contribution in [-0.2, 0) is 9.53 Å². The summed E-state index contributed by atoms with van der Waals surface area (Å²) < 4.78 is 5.32. The topological polar surface area (TPSA) is 26.3 Å². The summed E-state index contributed by atoms with van der Waals surface area (Å²) in [5.74, 6) is 0. The van der Waals surface area contributed by atoms with E-state index in [1.54, 1.807) is 0 Å². The Morgan fingerprint density at radius 3 is 2.38 bits per heavy atom. The van der Waals surface area contributed by atoms with Gasteiger partial charge in [0.1, 0.15) is 6.29 Å². The van der Waals surface area contributed by atoms with Crippen LogP contribution in [0.3, 0.4) is 0 Å². The lowest BCUT2D eigenvalue weighted by Gasteiger charge is -2.37. The van der Waals surface area contributed by atoms with Gasteiger partial charge in [0.15, 0.2) is 0 Å². The number of hydrogen-bond acceptors (Lipinski definition) is 2. The van der Waals surface area contributed by atoms with E-state index in [0.717, 1.165) is 38.8 Å². The van der Waals surface area contributed by atoms with Crippen molar-refractivity contribution in [3.8, 4) is 0 Å². The first-order valence-electron chi connectivity index (χ1n) is 5.02. The molecule has 0 aromatic rings. The van der Waals surface area contributed by atoms with Crippen LogP contribution in [0.15, 0.2) is 0 Å². The fourth-order valence-corrected chi connectivity index (χ4v) is 2.18. The molecule has 1 saturated heterocycles. The molecule has 1 rings (SSSR count). The summed E-state index contributed by atoms with van der Waals surface area (Å²) in [7, 11) is 0. The number of rotatable bonds is 3. The fourth-order valence-electron chi connectivity index (χ4n) is 2.18. The summed E-state index contributed by atoms with van der Waals surface area (Å²) in [5.41, 5.74) is 0.134. The summed E-state index contributed by atoms with van der Waals surface area (Å²) in [6.07, 6.45) is 4.23. The first-order valence-corrected chi connectivity index (χ1v) is 5.02. The lowest BCUT2D eigenvalue weighted by molar-refractivity contribution is -0.117. The lowest BCUT2D eigenvalue weighted by Crippen LogP contribution is -2.32. The molecular formula is C11H20O2. The highest BCUT2D eigenvalue weighted by Crippen LogP contribution is 2.39. The standard InChI is InChI=1S/C11H20O2/c1-10(2,9-12)8-11(3)4-6-13-7-5-11/h9H,4-8H2,1-3H3. The summed E-state index contributed by atoms with van der Waals surface area (Å²) in [6.45, 7) is 8.00. The van der Waals surface area contributed by atoms with Crippen molar-refractivity contribution in [3.05, 3.63) is 0 Å². The zero-order valence-corrected chi connectivity index (χ0v) is 8.93. The average molecular weight is 184 g/mol. The van der Waals surface area contributed by atoms with Crippen LogP contribution in [0.25, 0.3) is 0 Å². The van der Waals surface area contributed by atoms with Crippen LogP contribution in [0, 0.1) is 10.8 Å². The smallest absolute Gasteiger partial charge is 0.125 e. The van der Waals surface area contributed by atoms with Crippen molar-refractivity contribution in [2.45, 2.75) is 40.0 Å². The summed E-state index contributed by atoms with van der Waals surface area (Å²) >= 11 is 0. The van der Waals surface area contributed by atoms with Crippen LogP contribution in [-0.4, -0.2) is 19.5 Å². The van der Waals surface area contributed by atoms with E-state index in [1.165, 1.54) is 0 Å². The Kier molecular flexibility index (Phi) is 3.12. The molecule has 0 aromatic heterocycles. The van der Waals surface area contributed by atoms with Gasteiger partial charge in [0.25, 0.3) is 0 Å². The van der Waals surface area contributed by atoms with Crippen molar-refractivity contribution in [2.75, 3.05) is 13.2 Å². The van der Waals surface area contributed by atoms with Gasteiger partial charge in [0, 0.05) is 18.6 Å². The molecule has 0 aliphatic carbocycles. The van der Waals surface area contributed by atoms with E-state index in [0.29, 0.717) is 5.41 Å². The van der Waals surface area contributed by atoms with Crippen LogP contribution in [0.2, 0.25) is 0 Å². The molecule has 1 heterocycles. The van der Waals surface area contributed by atoms with Gasteiger partial charge in [-0.05, 0) is 24.7 Å². The highest BCUT2D eigenvalue weighted by molar-refractivity contribution is 5.57. The van der Waals surface area contributed by atoms with Gasteiger partial charge < -0.3 is 9.53 Å². The molecule has 0 atom stereocenters. The van der Waals surface area contributed by atoms with Crippen molar-refractivity contribution in [2.24, 2.45) is 10.8 Å². The second kappa shape index (κ2) is 3.79. The lowest BCUT2D eigenvalue weighted by atomic mass is 9.70. The molecule has 1 aliphatic heterocycles. The Labute approximate surface area is 80.7 Å². The number of hydrogen-bond donors (Lipinski definition) is 0. The number of carbonyl (C=O) groups is 1. The molecule has 0 amide bonds. The Bertz CT molecular complexity index is 179. The monoisotopic (exact) mass is 184 g/mol. The molecule has 0 saturated carbocycles. The van der Waals surface area contributed by atoms with Crippen LogP contribution >= 0.6 is 0 Å². The van der Waals surface area contributed by atoms with E-state index >= 15 is 0 Å². The maximum absolute atomic E-state index is 10.8. The van der Waals surface area contributed by atoms with Gasteiger partial charge in [-0.3, -0.25) is 0 Å². The maximum Gasteiger partial charge on any atom is 0.125 e. The van der Waals surface area contributed by atoms with E-state index in [-0.39, 0.29) is 5.41 Å². The second-order valence-corrected chi connectivity index (χ2v) is 5.21. The van der Waals surface area contributed by atoms with Gasteiger partial charge in [-0.25, -0.2) is 0 Å². The molecule has 0 unspecified atom stereocenters. The summed E-state index contributed by atoms with van der Waals surface area (Å²) in [6, 6.07) is 0. The average Bonchev–Trinajstić information content (AvgIpc) is 2.04. The number of aldehydes is 1. The van der Waals surface area contributed by atoms with E-state index in [2.05, 4.69) is 6.92 Å². The molecule has 0 radical (unpaired) electrons. The molecule has 1 aliphatic rings. The van der Waals surface area contributed by atoms with Crippen molar-refractivity contribution in [1.29, 1.82) is 0 Å². The van der Waals surface area contributed by atoms with Crippen LogP contribution in [0.1, 0.15) is 40.0 Å². The minimum atomic E-state index is -0.175. The van der Waals surface area contributed by atoms with E-state index in [1.807, 2.05) is 13.8 Å². The van der Waals surface area contributed by atoms with E-state index in [9.17, 15) is 4.79 Å². The Balaban J connectivity index is 2.54. The van der Waals surface area contributed by atoms with Crippen LogP contribution in [0.5, 0.6) is 0 Å². The molecule has 2 heteroatoms. The molecule has 76 valence electrons. The van der Waals surface area contributed by atoms with Crippen molar-refractivity contribution >= 4 is 6.29 Å². The Morgan fingerprint density at radius 2 is 1.92 bits per heavy atom. The zero-order valence-electron chi connectivity index (χ0n) is 8.93. The third-order valence-electron chi connectivity index (χ3n) is 2.90. The Morgan fingerprint density at radius 1 is 1.38 bits per heavy atom. The predicted molar refractivity (Wildman–Crippen MR) is 52.6 cm³/mol. The number of ether oxygens (including phenoxy) is 1. The SMILES string of the molecule is CC(C)(C=O)CC1(C)CCOCC1. The summed E-state index contributed by atoms with van der Waals surface area (Å²) in [5, 5.41) is 0. The molecule has 0 N–H and O–H groups in total. The van der Waals surface area contributed by atoms with Crippen molar-refractivity contribution < 1.29 is 9.53 Å². The van der Waals surface area contributed by atoms with Gasteiger partial charge >= 0.3 is 0 Å². The molecule has 1 fully saturated rings. The molecule has 0 spiro atoms. The minimum Gasteiger partial charge on any atom is -0.381 e.